The summed E-state index contributed by atoms with van der Waals surface area (Å²) in [6.07, 6.45) is 4.82. The molecule has 0 saturated heterocycles. The van der Waals surface area contributed by atoms with Crippen LogP contribution in [0.25, 0.3) is 0 Å². The summed E-state index contributed by atoms with van der Waals surface area (Å²) in [6.45, 7) is 4.43. The lowest BCUT2D eigenvalue weighted by molar-refractivity contribution is 0.648. The van der Waals surface area contributed by atoms with Crippen molar-refractivity contribution in [1.82, 2.24) is 20.0 Å². The second kappa shape index (κ2) is 6.24. The van der Waals surface area contributed by atoms with Crippen molar-refractivity contribution in [2.75, 3.05) is 5.32 Å². The van der Waals surface area contributed by atoms with Crippen LogP contribution >= 0.6 is 15.9 Å². The van der Waals surface area contributed by atoms with Gasteiger partial charge in [-0.2, -0.15) is 15.3 Å². The minimum Gasteiger partial charge on any atom is -0.377 e. The van der Waals surface area contributed by atoms with Crippen LogP contribution in [0.1, 0.15) is 5.69 Å². The zero-order valence-electron chi connectivity index (χ0n) is 10.1. The molecule has 2 aromatic rings. The van der Waals surface area contributed by atoms with Crippen molar-refractivity contribution in [3.05, 3.63) is 57.7 Å². The van der Waals surface area contributed by atoms with Crippen molar-refractivity contribution < 1.29 is 0 Å². The summed E-state index contributed by atoms with van der Waals surface area (Å²) in [6, 6.07) is 3.65. The van der Waals surface area contributed by atoms with Gasteiger partial charge in [-0.25, -0.2) is 4.68 Å². The van der Waals surface area contributed by atoms with Gasteiger partial charge in [0.1, 0.15) is 4.47 Å². The lowest BCUT2D eigenvalue weighted by atomic mass is 10.3. The van der Waals surface area contributed by atoms with E-state index in [1.165, 1.54) is 4.68 Å². The molecule has 0 atom stereocenters. The smallest absolute Gasteiger partial charge is 0.283 e. The molecular weight excluding hydrogens is 310 g/mol. The number of halogens is 1. The number of hydrogen-bond acceptors (Lipinski definition) is 5. The maximum absolute atomic E-state index is 11.9. The summed E-state index contributed by atoms with van der Waals surface area (Å²) in [4.78, 5) is 11.9. The first kappa shape index (κ1) is 13.4. The van der Waals surface area contributed by atoms with Crippen LogP contribution < -0.4 is 10.9 Å². The largest absolute Gasteiger partial charge is 0.377 e. The lowest BCUT2D eigenvalue weighted by Gasteiger charge is -2.08. The third-order valence-corrected chi connectivity index (χ3v) is 3.14. The van der Waals surface area contributed by atoms with E-state index in [2.05, 4.69) is 43.1 Å². The summed E-state index contributed by atoms with van der Waals surface area (Å²) in [5.74, 6) is 0. The van der Waals surface area contributed by atoms with Crippen LogP contribution in [0.4, 0.5) is 5.69 Å². The summed E-state index contributed by atoms with van der Waals surface area (Å²) >= 11 is 3.27. The highest BCUT2D eigenvalue weighted by molar-refractivity contribution is 9.10. The average Bonchev–Trinajstić information content (AvgIpc) is 2.44. The standard InChI is InChI=1S/C12H12BrN5O/c1-2-6-18-12(19)11(13)10(8-16-18)14-7-9-4-3-5-15-17-9/h2-5,8,14H,1,6-7H2. The number of nitrogens with one attached hydrogen (secondary N) is 1. The molecule has 0 radical (unpaired) electrons. The van der Waals surface area contributed by atoms with Crippen molar-refractivity contribution >= 4 is 21.6 Å². The minimum atomic E-state index is -0.205. The van der Waals surface area contributed by atoms with E-state index >= 15 is 0 Å². The summed E-state index contributed by atoms with van der Waals surface area (Å²) in [5, 5.41) is 14.9. The van der Waals surface area contributed by atoms with Gasteiger partial charge in [0.15, 0.2) is 0 Å². The predicted octanol–water partition coefficient (Wildman–Crippen LogP) is 1.59. The Morgan fingerprint density at radius 1 is 1.53 bits per heavy atom. The number of rotatable bonds is 5. The van der Waals surface area contributed by atoms with E-state index in [0.29, 0.717) is 23.2 Å². The van der Waals surface area contributed by atoms with Gasteiger partial charge < -0.3 is 5.32 Å². The van der Waals surface area contributed by atoms with Gasteiger partial charge in [0.2, 0.25) is 0 Å². The molecule has 6 nitrogen and oxygen atoms in total. The molecular formula is C12H12BrN5O. The zero-order valence-corrected chi connectivity index (χ0v) is 11.7. The van der Waals surface area contributed by atoms with Crippen LogP contribution in [0, 0.1) is 0 Å². The second-order valence-electron chi connectivity index (χ2n) is 3.72. The first-order valence-electron chi connectivity index (χ1n) is 5.59. The van der Waals surface area contributed by atoms with Gasteiger partial charge in [-0.1, -0.05) is 6.08 Å². The average molecular weight is 322 g/mol. The third kappa shape index (κ3) is 3.25. The van der Waals surface area contributed by atoms with E-state index in [1.54, 1.807) is 24.5 Å². The predicted molar refractivity (Wildman–Crippen MR) is 75.8 cm³/mol. The van der Waals surface area contributed by atoms with Crippen molar-refractivity contribution in [1.29, 1.82) is 0 Å². The fourth-order valence-electron chi connectivity index (χ4n) is 1.45. The van der Waals surface area contributed by atoms with Crippen molar-refractivity contribution in [3.63, 3.8) is 0 Å². The molecule has 0 aromatic carbocycles. The molecule has 2 rings (SSSR count). The van der Waals surface area contributed by atoms with E-state index in [4.69, 9.17) is 0 Å². The van der Waals surface area contributed by atoms with Crippen LogP contribution in [-0.4, -0.2) is 20.0 Å². The first-order chi connectivity index (χ1) is 9.22. The maximum atomic E-state index is 11.9. The van der Waals surface area contributed by atoms with Crippen molar-refractivity contribution in [2.45, 2.75) is 13.1 Å². The second-order valence-corrected chi connectivity index (χ2v) is 4.51. The van der Waals surface area contributed by atoms with E-state index < -0.39 is 0 Å². The van der Waals surface area contributed by atoms with Crippen LogP contribution in [0.3, 0.4) is 0 Å². The molecule has 2 heterocycles. The van der Waals surface area contributed by atoms with E-state index in [1.807, 2.05) is 6.07 Å². The Kier molecular flexibility index (Phi) is 4.40. The van der Waals surface area contributed by atoms with E-state index in [-0.39, 0.29) is 5.56 Å². The molecule has 0 aliphatic rings. The Hall–Kier alpha value is -2.02. The fourth-order valence-corrected chi connectivity index (χ4v) is 1.90. The molecule has 2 aromatic heterocycles. The summed E-state index contributed by atoms with van der Waals surface area (Å²) < 4.78 is 1.76. The number of nitrogens with zero attached hydrogens (tertiary/aromatic N) is 4. The molecule has 0 amide bonds. The van der Waals surface area contributed by atoms with Crippen molar-refractivity contribution in [2.24, 2.45) is 0 Å². The lowest BCUT2D eigenvalue weighted by Crippen LogP contribution is -2.24. The fraction of sp³-hybridized carbons (Fsp3) is 0.167. The van der Waals surface area contributed by atoms with Crippen LogP contribution in [0.5, 0.6) is 0 Å². The highest BCUT2D eigenvalue weighted by Gasteiger charge is 2.07. The van der Waals surface area contributed by atoms with Gasteiger partial charge in [0.25, 0.3) is 5.56 Å². The molecule has 19 heavy (non-hydrogen) atoms. The topological polar surface area (TPSA) is 72.7 Å². The van der Waals surface area contributed by atoms with E-state index in [9.17, 15) is 4.79 Å². The molecule has 7 heteroatoms. The molecule has 0 aliphatic heterocycles. The molecule has 0 fully saturated rings. The Labute approximate surface area is 118 Å². The number of hydrogen-bond donors (Lipinski definition) is 1. The third-order valence-electron chi connectivity index (χ3n) is 2.37. The van der Waals surface area contributed by atoms with Gasteiger partial charge in [0.05, 0.1) is 30.7 Å². The monoisotopic (exact) mass is 321 g/mol. The van der Waals surface area contributed by atoms with Crippen LogP contribution in [0.15, 0.2) is 46.4 Å². The van der Waals surface area contributed by atoms with Crippen LogP contribution in [0.2, 0.25) is 0 Å². The minimum absolute atomic E-state index is 0.205. The molecule has 98 valence electrons. The Bertz CT molecular complexity index is 626. The van der Waals surface area contributed by atoms with Crippen LogP contribution in [-0.2, 0) is 13.1 Å². The van der Waals surface area contributed by atoms with Gasteiger partial charge in [0, 0.05) is 6.20 Å². The number of allylic oxidation sites excluding steroid dienone is 1. The Balaban J connectivity index is 2.16. The first-order valence-corrected chi connectivity index (χ1v) is 6.38. The highest BCUT2D eigenvalue weighted by atomic mass is 79.9. The summed E-state index contributed by atoms with van der Waals surface area (Å²) in [5.41, 5.74) is 1.20. The molecule has 0 spiro atoms. The Morgan fingerprint density at radius 2 is 2.37 bits per heavy atom. The number of aromatic nitrogens is 4. The van der Waals surface area contributed by atoms with Gasteiger partial charge in [-0.3, -0.25) is 4.79 Å². The molecule has 0 unspecified atom stereocenters. The van der Waals surface area contributed by atoms with Crippen molar-refractivity contribution in [3.8, 4) is 0 Å². The Morgan fingerprint density at radius 3 is 3.05 bits per heavy atom. The molecule has 0 saturated carbocycles. The van der Waals surface area contributed by atoms with E-state index in [0.717, 1.165) is 5.69 Å². The molecule has 0 bridgehead atoms. The van der Waals surface area contributed by atoms with Gasteiger partial charge in [-0.15, -0.1) is 6.58 Å². The zero-order chi connectivity index (χ0) is 13.7. The molecule has 0 aliphatic carbocycles. The maximum Gasteiger partial charge on any atom is 0.283 e. The summed E-state index contributed by atoms with van der Waals surface area (Å²) in [7, 11) is 0. The highest BCUT2D eigenvalue weighted by Crippen LogP contribution is 2.16. The quantitative estimate of drug-likeness (QED) is 0.847. The molecule has 1 N–H and O–H groups in total. The normalized spacial score (nSPS) is 10.2. The van der Waals surface area contributed by atoms with Gasteiger partial charge in [-0.05, 0) is 28.1 Å². The number of anilines is 1. The van der Waals surface area contributed by atoms with Gasteiger partial charge >= 0.3 is 0 Å². The SMILES string of the molecule is C=CCn1ncc(NCc2cccnn2)c(Br)c1=O.